The molecular formula is C10H14N4O. The lowest BCUT2D eigenvalue weighted by Gasteiger charge is -2.21. The van der Waals surface area contributed by atoms with E-state index in [0.717, 1.165) is 11.4 Å². The molecule has 0 radical (unpaired) electrons. The molecule has 2 atom stereocenters. The summed E-state index contributed by atoms with van der Waals surface area (Å²) in [7, 11) is 1.75. The number of likely N-dealkylation sites (tertiary alicyclic amines) is 1. The Morgan fingerprint density at radius 2 is 2.20 bits per heavy atom. The van der Waals surface area contributed by atoms with Crippen LogP contribution in [-0.4, -0.2) is 34.1 Å². The second-order valence-electron chi connectivity index (χ2n) is 3.92. The molecule has 2 heterocycles. The first-order valence-corrected chi connectivity index (χ1v) is 4.91. The van der Waals surface area contributed by atoms with E-state index >= 15 is 0 Å². The Balaban J connectivity index is 2.30. The normalized spacial score (nSPS) is 26.1. The van der Waals surface area contributed by atoms with Gasteiger partial charge in [0.1, 0.15) is 0 Å². The summed E-state index contributed by atoms with van der Waals surface area (Å²) in [4.78, 5) is 13.1. The van der Waals surface area contributed by atoms with Crippen molar-refractivity contribution in [3.05, 3.63) is 23.5 Å². The SMILES string of the molecule is Cc1ccc([C@@H]2[C@@H](N)CC(=O)N2C)nn1. The third-order valence-electron chi connectivity index (χ3n) is 2.75. The highest BCUT2D eigenvalue weighted by Gasteiger charge is 2.37. The topological polar surface area (TPSA) is 72.1 Å². The molecule has 80 valence electrons. The van der Waals surface area contributed by atoms with Crippen molar-refractivity contribution >= 4 is 5.91 Å². The van der Waals surface area contributed by atoms with Crippen LogP contribution in [0.25, 0.3) is 0 Å². The summed E-state index contributed by atoms with van der Waals surface area (Å²) in [5.41, 5.74) is 7.53. The van der Waals surface area contributed by atoms with Crippen molar-refractivity contribution in [1.29, 1.82) is 0 Å². The number of carbonyl (C=O) groups excluding carboxylic acids is 1. The predicted octanol–water partition coefficient (Wildman–Crippen LogP) is 0.0155. The fourth-order valence-corrected chi connectivity index (χ4v) is 1.88. The largest absolute Gasteiger partial charge is 0.335 e. The van der Waals surface area contributed by atoms with Crippen molar-refractivity contribution in [1.82, 2.24) is 15.1 Å². The van der Waals surface area contributed by atoms with Gasteiger partial charge in [-0.2, -0.15) is 10.2 Å². The Morgan fingerprint density at radius 3 is 2.67 bits per heavy atom. The minimum Gasteiger partial charge on any atom is -0.335 e. The van der Waals surface area contributed by atoms with Crippen LogP contribution in [0.4, 0.5) is 0 Å². The zero-order chi connectivity index (χ0) is 11.0. The van der Waals surface area contributed by atoms with Crippen LogP contribution in [0.15, 0.2) is 12.1 Å². The van der Waals surface area contributed by atoms with Gasteiger partial charge in [0.15, 0.2) is 0 Å². The molecule has 2 rings (SSSR count). The predicted molar refractivity (Wildman–Crippen MR) is 54.9 cm³/mol. The van der Waals surface area contributed by atoms with E-state index in [-0.39, 0.29) is 18.0 Å². The number of likely N-dealkylation sites (N-methyl/N-ethyl adjacent to an activating group) is 1. The second-order valence-corrected chi connectivity index (χ2v) is 3.92. The number of carbonyl (C=O) groups is 1. The van der Waals surface area contributed by atoms with Gasteiger partial charge in [0.25, 0.3) is 0 Å². The highest BCUT2D eigenvalue weighted by Crippen LogP contribution is 2.28. The summed E-state index contributed by atoms with van der Waals surface area (Å²) >= 11 is 0. The van der Waals surface area contributed by atoms with E-state index in [4.69, 9.17) is 5.73 Å². The summed E-state index contributed by atoms with van der Waals surface area (Å²) in [6.07, 6.45) is 0.386. The molecule has 5 heteroatoms. The number of hydrogen-bond donors (Lipinski definition) is 1. The van der Waals surface area contributed by atoms with Crippen LogP contribution in [-0.2, 0) is 4.79 Å². The van der Waals surface area contributed by atoms with Gasteiger partial charge in [0, 0.05) is 19.5 Å². The number of aromatic nitrogens is 2. The molecule has 1 fully saturated rings. The van der Waals surface area contributed by atoms with Crippen LogP contribution in [0.3, 0.4) is 0 Å². The lowest BCUT2D eigenvalue weighted by atomic mass is 10.1. The molecule has 0 aromatic carbocycles. The molecule has 15 heavy (non-hydrogen) atoms. The molecule has 0 aliphatic carbocycles. The van der Waals surface area contributed by atoms with E-state index < -0.39 is 0 Å². The van der Waals surface area contributed by atoms with E-state index in [1.807, 2.05) is 19.1 Å². The molecule has 0 saturated carbocycles. The van der Waals surface area contributed by atoms with E-state index in [2.05, 4.69) is 10.2 Å². The number of hydrogen-bond acceptors (Lipinski definition) is 4. The van der Waals surface area contributed by atoms with Gasteiger partial charge in [-0.1, -0.05) is 0 Å². The van der Waals surface area contributed by atoms with Gasteiger partial charge in [-0.05, 0) is 19.1 Å². The average Bonchev–Trinajstić information content (AvgIpc) is 2.44. The Hall–Kier alpha value is -1.49. The average molecular weight is 206 g/mol. The van der Waals surface area contributed by atoms with Crippen molar-refractivity contribution in [3.63, 3.8) is 0 Å². The van der Waals surface area contributed by atoms with Crippen LogP contribution in [0.5, 0.6) is 0 Å². The first-order valence-electron chi connectivity index (χ1n) is 4.91. The maximum absolute atomic E-state index is 11.4. The molecular weight excluding hydrogens is 192 g/mol. The zero-order valence-electron chi connectivity index (χ0n) is 8.84. The fourth-order valence-electron chi connectivity index (χ4n) is 1.88. The first kappa shape index (κ1) is 10.0. The van der Waals surface area contributed by atoms with E-state index in [9.17, 15) is 4.79 Å². The summed E-state index contributed by atoms with van der Waals surface area (Å²) in [6.45, 7) is 1.88. The summed E-state index contributed by atoms with van der Waals surface area (Å²) in [5, 5.41) is 8.05. The minimum atomic E-state index is -0.181. The first-order chi connectivity index (χ1) is 7.09. The fraction of sp³-hybridized carbons (Fsp3) is 0.500. The van der Waals surface area contributed by atoms with Crippen LogP contribution in [0.1, 0.15) is 23.9 Å². The summed E-state index contributed by atoms with van der Waals surface area (Å²) in [6, 6.07) is 3.44. The maximum atomic E-state index is 11.4. The van der Waals surface area contributed by atoms with E-state index in [0.29, 0.717) is 6.42 Å². The third-order valence-corrected chi connectivity index (χ3v) is 2.75. The van der Waals surface area contributed by atoms with Crippen LogP contribution in [0, 0.1) is 6.92 Å². The summed E-state index contributed by atoms with van der Waals surface area (Å²) in [5.74, 6) is 0.0647. The molecule has 1 aromatic rings. The molecule has 0 unspecified atom stereocenters. The number of rotatable bonds is 1. The van der Waals surface area contributed by atoms with Crippen molar-refractivity contribution in [2.24, 2.45) is 5.73 Å². The highest BCUT2D eigenvalue weighted by molar-refractivity contribution is 5.79. The maximum Gasteiger partial charge on any atom is 0.224 e. The lowest BCUT2D eigenvalue weighted by Crippen LogP contribution is -2.31. The summed E-state index contributed by atoms with van der Waals surface area (Å²) < 4.78 is 0. The smallest absolute Gasteiger partial charge is 0.224 e. The standard InChI is InChI=1S/C10H14N4O/c1-6-3-4-8(13-12-6)10-7(11)5-9(15)14(10)2/h3-4,7,10H,5,11H2,1-2H3/t7-,10-/m0/s1. The second kappa shape index (κ2) is 3.58. The van der Waals surface area contributed by atoms with Crippen LogP contribution in [0.2, 0.25) is 0 Å². The molecule has 0 spiro atoms. The third kappa shape index (κ3) is 1.70. The Bertz CT molecular complexity index is 376. The van der Waals surface area contributed by atoms with Gasteiger partial charge in [-0.15, -0.1) is 0 Å². The molecule has 1 aliphatic rings. The minimum absolute atomic E-state index is 0.0647. The van der Waals surface area contributed by atoms with Crippen molar-refractivity contribution in [3.8, 4) is 0 Å². The van der Waals surface area contributed by atoms with E-state index in [1.54, 1.807) is 11.9 Å². The van der Waals surface area contributed by atoms with Gasteiger partial charge in [-0.25, -0.2) is 0 Å². The molecule has 1 aliphatic heterocycles. The Kier molecular flexibility index (Phi) is 2.40. The van der Waals surface area contributed by atoms with Crippen molar-refractivity contribution in [2.75, 3.05) is 7.05 Å². The number of aryl methyl sites for hydroxylation is 1. The molecule has 5 nitrogen and oxygen atoms in total. The number of amides is 1. The molecule has 2 N–H and O–H groups in total. The molecule has 1 amide bonds. The zero-order valence-corrected chi connectivity index (χ0v) is 8.84. The van der Waals surface area contributed by atoms with Gasteiger partial charge in [0.05, 0.1) is 17.4 Å². The molecule has 0 bridgehead atoms. The number of nitrogens with two attached hydrogens (primary N) is 1. The van der Waals surface area contributed by atoms with Crippen molar-refractivity contribution in [2.45, 2.75) is 25.4 Å². The highest BCUT2D eigenvalue weighted by atomic mass is 16.2. The van der Waals surface area contributed by atoms with Gasteiger partial charge >= 0.3 is 0 Å². The van der Waals surface area contributed by atoms with Gasteiger partial charge < -0.3 is 10.6 Å². The molecule has 1 aromatic heterocycles. The van der Waals surface area contributed by atoms with E-state index in [1.165, 1.54) is 0 Å². The Labute approximate surface area is 88.3 Å². The number of nitrogens with zero attached hydrogens (tertiary/aromatic N) is 3. The molecule has 1 saturated heterocycles. The van der Waals surface area contributed by atoms with Gasteiger partial charge in [-0.3, -0.25) is 4.79 Å². The quantitative estimate of drug-likeness (QED) is 0.703. The lowest BCUT2D eigenvalue weighted by molar-refractivity contribution is -0.127. The Morgan fingerprint density at radius 1 is 1.47 bits per heavy atom. The van der Waals surface area contributed by atoms with Crippen molar-refractivity contribution < 1.29 is 4.79 Å². The van der Waals surface area contributed by atoms with Crippen LogP contribution < -0.4 is 5.73 Å². The van der Waals surface area contributed by atoms with Gasteiger partial charge in [0.2, 0.25) is 5.91 Å². The monoisotopic (exact) mass is 206 g/mol. The van der Waals surface area contributed by atoms with Crippen LogP contribution >= 0.6 is 0 Å².